The van der Waals surface area contributed by atoms with Gasteiger partial charge in [0.15, 0.2) is 5.65 Å². The summed E-state index contributed by atoms with van der Waals surface area (Å²) in [6.07, 6.45) is 1.82. The smallest absolute Gasteiger partial charge is 0.154 e. The third kappa shape index (κ3) is 2.72. The number of anilines is 1. The minimum atomic E-state index is 0.759. The highest BCUT2D eigenvalue weighted by Crippen LogP contribution is 2.29. The van der Waals surface area contributed by atoms with Crippen molar-refractivity contribution in [2.75, 3.05) is 12.4 Å². The number of benzene rings is 1. The van der Waals surface area contributed by atoms with E-state index < -0.39 is 0 Å². The third-order valence-electron chi connectivity index (χ3n) is 3.77. The molecular formula is C18H16N4OS. The molecule has 0 saturated heterocycles. The van der Waals surface area contributed by atoms with Crippen molar-refractivity contribution in [3.8, 4) is 17.0 Å². The number of aromatic nitrogens is 3. The molecule has 1 aromatic carbocycles. The van der Waals surface area contributed by atoms with Crippen LogP contribution < -0.4 is 10.1 Å². The first-order valence-electron chi connectivity index (χ1n) is 7.59. The molecule has 24 heavy (non-hydrogen) atoms. The Balaban J connectivity index is 1.71. The molecule has 5 nitrogen and oxygen atoms in total. The van der Waals surface area contributed by atoms with Gasteiger partial charge in [-0.25, -0.2) is 9.50 Å². The molecule has 3 heterocycles. The maximum Gasteiger partial charge on any atom is 0.154 e. The molecule has 0 radical (unpaired) electrons. The van der Waals surface area contributed by atoms with Gasteiger partial charge in [-0.05, 0) is 35.7 Å². The van der Waals surface area contributed by atoms with E-state index in [9.17, 15) is 0 Å². The maximum absolute atomic E-state index is 5.46. The second kappa shape index (κ2) is 6.33. The molecule has 0 spiro atoms. The highest BCUT2D eigenvalue weighted by molar-refractivity contribution is 7.09. The van der Waals surface area contributed by atoms with E-state index in [0.29, 0.717) is 0 Å². The summed E-state index contributed by atoms with van der Waals surface area (Å²) in [5.74, 6) is 1.61. The molecule has 6 heteroatoms. The molecule has 120 valence electrons. The van der Waals surface area contributed by atoms with Crippen LogP contribution in [0.4, 0.5) is 5.82 Å². The Morgan fingerprint density at radius 3 is 2.88 bits per heavy atom. The quantitative estimate of drug-likeness (QED) is 0.597. The van der Waals surface area contributed by atoms with Gasteiger partial charge in [0, 0.05) is 10.4 Å². The Labute approximate surface area is 143 Å². The zero-order chi connectivity index (χ0) is 16.4. The fraction of sp³-hybridized carbons (Fsp3) is 0.111. The van der Waals surface area contributed by atoms with Crippen molar-refractivity contribution < 1.29 is 4.74 Å². The number of rotatable bonds is 5. The minimum absolute atomic E-state index is 0.759. The van der Waals surface area contributed by atoms with E-state index in [4.69, 9.17) is 4.74 Å². The molecule has 0 aliphatic heterocycles. The zero-order valence-electron chi connectivity index (χ0n) is 13.1. The molecule has 0 aliphatic carbocycles. The van der Waals surface area contributed by atoms with Gasteiger partial charge < -0.3 is 10.1 Å². The van der Waals surface area contributed by atoms with E-state index in [1.54, 1.807) is 18.4 Å². The molecule has 1 N–H and O–H groups in total. The maximum atomic E-state index is 5.46. The first-order chi connectivity index (χ1) is 11.8. The van der Waals surface area contributed by atoms with E-state index in [1.807, 2.05) is 53.2 Å². The lowest BCUT2D eigenvalue weighted by molar-refractivity contribution is 0.416. The van der Waals surface area contributed by atoms with Crippen LogP contribution in [0.5, 0.6) is 5.75 Å². The predicted octanol–water partition coefficient (Wildman–Crippen LogP) is 4.08. The standard InChI is InChI=1S/C18H16N4OS/c1-23-16-7-3-2-6-14(16)15-12-20-18-9-8-17(21-22(15)18)19-11-13-5-4-10-24-13/h2-10,12H,11H2,1H3,(H,19,21). The number of hydrogen-bond acceptors (Lipinski definition) is 5. The fourth-order valence-corrected chi connectivity index (χ4v) is 3.24. The topological polar surface area (TPSA) is 51.5 Å². The fourth-order valence-electron chi connectivity index (χ4n) is 2.60. The Hall–Kier alpha value is -2.86. The Morgan fingerprint density at radius 2 is 2.04 bits per heavy atom. The Morgan fingerprint density at radius 1 is 1.12 bits per heavy atom. The van der Waals surface area contributed by atoms with Crippen molar-refractivity contribution in [1.29, 1.82) is 0 Å². The van der Waals surface area contributed by atoms with Crippen LogP contribution in [0, 0.1) is 0 Å². The average Bonchev–Trinajstić information content (AvgIpc) is 3.29. The van der Waals surface area contributed by atoms with Crippen molar-refractivity contribution >= 4 is 22.8 Å². The summed E-state index contributed by atoms with van der Waals surface area (Å²) in [5, 5.41) is 10.1. The summed E-state index contributed by atoms with van der Waals surface area (Å²) in [6, 6.07) is 15.9. The van der Waals surface area contributed by atoms with Crippen LogP contribution in [0.2, 0.25) is 0 Å². The first-order valence-corrected chi connectivity index (χ1v) is 8.47. The minimum Gasteiger partial charge on any atom is -0.496 e. The van der Waals surface area contributed by atoms with Crippen LogP contribution in [-0.4, -0.2) is 21.7 Å². The van der Waals surface area contributed by atoms with Crippen LogP contribution in [0.1, 0.15) is 4.88 Å². The van der Waals surface area contributed by atoms with Gasteiger partial charge in [0.2, 0.25) is 0 Å². The van der Waals surface area contributed by atoms with Gasteiger partial charge in [-0.2, -0.15) is 0 Å². The molecule has 3 aromatic heterocycles. The lowest BCUT2D eigenvalue weighted by atomic mass is 10.1. The summed E-state index contributed by atoms with van der Waals surface area (Å²) in [7, 11) is 1.67. The molecule has 0 fully saturated rings. The number of para-hydroxylation sites is 1. The molecule has 4 rings (SSSR count). The molecule has 0 atom stereocenters. The van der Waals surface area contributed by atoms with Crippen molar-refractivity contribution in [1.82, 2.24) is 14.6 Å². The highest BCUT2D eigenvalue weighted by atomic mass is 32.1. The normalized spacial score (nSPS) is 10.9. The number of fused-ring (bicyclic) bond motifs is 1. The number of nitrogens with one attached hydrogen (secondary N) is 1. The number of nitrogens with zero attached hydrogens (tertiary/aromatic N) is 3. The van der Waals surface area contributed by atoms with Crippen molar-refractivity contribution in [3.63, 3.8) is 0 Å². The molecule has 0 unspecified atom stereocenters. The van der Waals surface area contributed by atoms with E-state index in [0.717, 1.165) is 35.0 Å². The molecule has 0 saturated carbocycles. The summed E-state index contributed by atoms with van der Waals surface area (Å²) in [4.78, 5) is 5.71. The molecule has 0 bridgehead atoms. The van der Waals surface area contributed by atoms with Gasteiger partial charge in [-0.3, -0.25) is 0 Å². The van der Waals surface area contributed by atoms with E-state index >= 15 is 0 Å². The van der Waals surface area contributed by atoms with Gasteiger partial charge in [-0.1, -0.05) is 18.2 Å². The van der Waals surface area contributed by atoms with Crippen LogP contribution in [0.15, 0.2) is 60.1 Å². The summed E-state index contributed by atoms with van der Waals surface area (Å²) in [5.41, 5.74) is 2.68. The van der Waals surface area contributed by atoms with E-state index in [-0.39, 0.29) is 0 Å². The summed E-state index contributed by atoms with van der Waals surface area (Å²) >= 11 is 1.73. The van der Waals surface area contributed by atoms with Gasteiger partial charge in [-0.15, -0.1) is 16.4 Å². The van der Waals surface area contributed by atoms with E-state index in [1.165, 1.54) is 4.88 Å². The van der Waals surface area contributed by atoms with Crippen molar-refractivity contribution in [2.45, 2.75) is 6.54 Å². The molecule has 0 amide bonds. The molecule has 4 aromatic rings. The Bertz CT molecular complexity index is 962. The number of methoxy groups -OCH3 is 1. The van der Waals surface area contributed by atoms with E-state index in [2.05, 4.69) is 26.8 Å². The summed E-state index contributed by atoms with van der Waals surface area (Å²) in [6.45, 7) is 0.759. The van der Waals surface area contributed by atoms with Crippen molar-refractivity contribution in [2.24, 2.45) is 0 Å². The van der Waals surface area contributed by atoms with Crippen LogP contribution in [-0.2, 0) is 6.54 Å². The molecule has 0 aliphatic rings. The zero-order valence-corrected chi connectivity index (χ0v) is 14.0. The lowest BCUT2D eigenvalue weighted by Crippen LogP contribution is -2.04. The monoisotopic (exact) mass is 336 g/mol. The largest absolute Gasteiger partial charge is 0.496 e. The predicted molar refractivity (Wildman–Crippen MR) is 96.6 cm³/mol. The van der Waals surface area contributed by atoms with Crippen LogP contribution >= 0.6 is 11.3 Å². The highest BCUT2D eigenvalue weighted by Gasteiger charge is 2.12. The number of thiophene rings is 1. The average molecular weight is 336 g/mol. The Kier molecular flexibility index (Phi) is 3.88. The first kappa shape index (κ1) is 14.7. The lowest BCUT2D eigenvalue weighted by Gasteiger charge is -2.09. The number of hydrogen-bond donors (Lipinski definition) is 1. The van der Waals surface area contributed by atoms with Crippen LogP contribution in [0.25, 0.3) is 16.9 Å². The van der Waals surface area contributed by atoms with Crippen LogP contribution in [0.3, 0.4) is 0 Å². The molecular weight excluding hydrogens is 320 g/mol. The second-order valence-electron chi connectivity index (χ2n) is 5.27. The second-order valence-corrected chi connectivity index (χ2v) is 6.30. The summed E-state index contributed by atoms with van der Waals surface area (Å²) < 4.78 is 7.30. The van der Waals surface area contributed by atoms with Gasteiger partial charge in [0.05, 0.1) is 25.5 Å². The van der Waals surface area contributed by atoms with Gasteiger partial charge >= 0.3 is 0 Å². The van der Waals surface area contributed by atoms with Crippen molar-refractivity contribution in [3.05, 3.63) is 65.0 Å². The third-order valence-corrected chi connectivity index (χ3v) is 4.65. The SMILES string of the molecule is COc1ccccc1-c1cnc2ccc(NCc3cccs3)nn12. The number of ether oxygens (including phenoxy) is 1. The number of imidazole rings is 1. The van der Waals surface area contributed by atoms with Gasteiger partial charge in [0.1, 0.15) is 11.6 Å². The van der Waals surface area contributed by atoms with Gasteiger partial charge in [0.25, 0.3) is 0 Å².